The van der Waals surface area contributed by atoms with Gasteiger partial charge in [-0.25, -0.2) is 0 Å². The highest BCUT2D eigenvalue weighted by Crippen LogP contribution is 2.35. The minimum atomic E-state index is 0.231. The molecule has 0 N–H and O–H groups in total. The maximum Gasteiger partial charge on any atom is 0.162 e. The van der Waals surface area contributed by atoms with Crippen molar-refractivity contribution in [3.63, 3.8) is 0 Å². The molecule has 0 aliphatic heterocycles. The van der Waals surface area contributed by atoms with Gasteiger partial charge in [0.1, 0.15) is 17.7 Å². The molecule has 0 spiro atoms. The van der Waals surface area contributed by atoms with Crippen molar-refractivity contribution in [2.24, 2.45) is 0 Å². The zero-order chi connectivity index (χ0) is 15.4. The molecule has 0 atom stereocenters. The molecule has 1 fully saturated rings. The number of hydrogen-bond acceptors (Lipinski definition) is 5. The van der Waals surface area contributed by atoms with E-state index in [1.807, 2.05) is 18.2 Å². The molecule has 0 unspecified atom stereocenters. The molecule has 22 heavy (non-hydrogen) atoms. The Morgan fingerprint density at radius 2 is 2.09 bits per heavy atom. The number of ether oxygens (including phenoxy) is 2. The van der Waals surface area contributed by atoms with Gasteiger partial charge in [0.25, 0.3) is 0 Å². The third kappa shape index (κ3) is 3.13. The maximum atomic E-state index is 10.5. The Morgan fingerprint density at radius 3 is 2.82 bits per heavy atom. The van der Waals surface area contributed by atoms with E-state index in [2.05, 4.69) is 5.16 Å². The van der Waals surface area contributed by atoms with Crippen molar-refractivity contribution in [3.05, 3.63) is 30.0 Å². The number of rotatable bonds is 6. The van der Waals surface area contributed by atoms with E-state index in [4.69, 9.17) is 14.0 Å². The van der Waals surface area contributed by atoms with Gasteiger partial charge in [-0.2, -0.15) is 0 Å². The second-order valence-electron chi connectivity index (χ2n) is 5.44. The highest BCUT2D eigenvalue weighted by molar-refractivity contribution is 5.64. The quantitative estimate of drug-likeness (QED) is 0.765. The molecule has 0 saturated heterocycles. The molecular formula is C17H19NO4. The summed E-state index contributed by atoms with van der Waals surface area (Å²) in [5, 5.41) is 4.00. The number of carbonyl (C=O) groups excluding carboxylic acids is 1. The number of methoxy groups -OCH3 is 1. The molecule has 1 aromatic carbocycles. The van der Waals surface area contributed by atoms with Gasteiger partial charge in [0.2, 0.25) is 0 Å². The van der Waals surface area contributed by atoms with Gasteiger partial charge in [-0.15, -0.1) is 0 Å². The van der Waals surface area contributed by atoms with Crippen molar-refractivity contribution in [2.75, 3.05) is 7.11 Å². The summed E-state index contributed by atoms with van der Waals surface area (Å²) < 4.78 is 16.6. The molecule has 1 aliphatic rings. The first kappa shape index (κ1) is 14.6. The van der Waals surface area contributed by atoms with E-state index in [-0.39, 0.29) is 12.5 Å². The van der Waals surface area contributed by atoms with E-state index in [0.717, 1.165) is 30.4 Å². The Labute approximate surface area is 129 Å². The molecule has 1 heterocycles. The van der Waals surface area contributed by atoms with E-state index in [0.29, 0.717) is 17.2 Å². The molecule has 116 valence electrons. The minimum Gasteiger partial charge on any atom is -0.493 e. The normalized spacial score (nSPS) is 15.0. The maximum absolute atomic E-state index is 10.5. The molecule has 1 aromatic heterocycles. The van der Waals surface area contributed by atoms with Crippen molar-refractivity contribution < 1.29 is 18.8 Å². The molecule has 5 heteroatoms. The summed E-state index contributed by atoms with van der Waals surface area (Å²) in [7, 11) is 1.63. The number of benzene rings is 1. The molecule has 5 nitrogen and oxygen atoms in total. The topological polar surface area (TPSA) is 61.6 Å². The lowest BCUT2D eigenvalue weighted by Crippen LogP contribution is -2.11. The zero-order valence-electron chi connectivity index (χ0n) is 12.6. The van der Waals surface area contributed by atoms with Crippen molar-refractivity contribution in [3.8, 4) is 22.8 Å². The average Bonchev–Trinajstić information content (AvgIpc) is 3.19. The first-order valence-corrected chi connectivity index (χ1v) is 7.54. The number of aromatic nitrogens is 1. The fourth-order valence-corrected chi connectivity index (χ4v) is 2.74. The van der Waals surface area contributed by atoms with Crippen LogP contribution in [0.5, 0.6) is 11.5 Å². The Morgan fingerprint density at radius 1 is 1.27 bits per heavy atom. The van der Waals surface area contributed by atoms with Gasteiger partial charge in [0.15, 0.2) is 11.5 Å². The third-order valence-corrected chi connectivity index (χ3v) is 3.90. The number of carbonyl (C=O) groups is 1. The summed E-state index contributed by atoms with van der Waals surface area (Å²) >= 11 is 0. The zero-order valence-corrected chi connectivity index (χ0v) is 12.6. The van der Waals surface area contributed by atoms with Gasteiger partial charge in [0, 0.05) is 11.6 Å². The molecule has 3 rings (SSSR count). The largest absolute Gasteiger partial charge is 0.493 e. The van der Waals surface area contributed by atoms with Crippen LogP contribution in [0, 0.1) is 0 Å². The average molecular weight is 301 g/mol. The number of nitrogens with zero attached hydrogens (tertiary/aromatic N) is 1. The van der Waals surface area contributed by atoms with Crippen LogP contribution in [0.4, 0.5) is 0 Å². The first-order chi connectivity index (χ1) is 10.8. The van der Waals surface area contributed by atoms with Crippen LogP contribution in [0.3, 0.4) is 0 Å². The van der Waals surface area contributed by atoms with E-state index in [9.17, 15) is 4.79 Å². The van der Waals surface area contributed by atoms with Crippen LogP contribution in [0.2, 0.25) is 0 Å². The summed E-state index contributed by atoms with van der Waals surface area (Å²) in [6.45, 7) is 0. The Balaban J connectivity index is 1.86. The van der Waals surface area contributed by atoms with Crippen LogP contribution in [0.1, 0.15) is 31.4 Å². The Hall–Kier alpha value is -2.30. The van der Waals surface area contributed by atoms with Crippen molar-refractivity contribution in [1.29, 1.82) is 0 Å². The number of hydrogen-bond donors (Lipinski definition) is 0. The highest BCUT2D eigenvalue weighted by atomic mass is 16.5. The second-order valence-corrected chi connectivity index (χ2v) is 5.44. The van der Waals surface area contributed by atoms with E-state index >= 15 is 0 Å². The summed E-state index contributed by atoms with van der Waals surface area (Å²) in [6.07, 6.45) is 5.88. The first-order valence-electron chi connectivity index (χ1n) is 7.54. The van der Waals surface area contributed by atoms with Crippen molar-refractivity contribution in [1.82, 2.24) is 5.16 Å². The van der Waals surface area contributed by atoms with Crippen LogP contribution in [0.25, 0.3) is 11.3 Å². The molecule has 2 aromatic rings. The lowest BCUT2D eigenvalue weighted by atomic mass is 10.1. The van der Waals surface area contributed by atoms with Gasteiger partial charge in [-0.3, -0.25) is 0 Å². The lowest BCUT2D eigenvalue weighted by molar-refractivity contribution is -0.107. The summed E-state index contributed by atoms with van der Waals surface area (Å²) in [5.74, 6) is 2.00. The van der Waals surface area contributed by atoms with Gasteiger partial charge in [-0.05, 0) is 43.9 Å². The second kappa shape index (κ2) is 6.64. The predicted molar refractivity (Wildman–Crippen MR) is 81.1 cm³/mol. The van der Waals surface area contributed by atoms with Crippen molar-refractivity contribution in [2.45, 2.75) is 38.2 Å². The summed E-state index contributed by atoms with van der Waals surface area (Å²) in [4.78, 5) is 10.5. The van der Waals surface area contributed by atoms with Crippen LogP contribution in [-0.2, 0) is 11.2 Å². The predicted octanol–water partition coefficient (Wildman–Crippen LogP) is 3.41. The Kier molecular flexibility index (Phi) is 4.42. The Bertz CT molecular complexity index is 644. The fourth-order valence-electron chi connectivity index (χ4n) is 2.74. The summed E-state index contributed by atoms with van der Waals surface area (Å²) in [5.41, 5.74) is 1.57. The molecule has 1 aliphatic carbocycles. The van der Waals surface area contributed by atoms with Gasteiger partial charge >= 0.3 is 0 Å². The van der Waals surface area contributed by atoms with Gasteiger partial charge < -0.3 is 18.8 Å². The minimum absolute atomic E-state index is 0.231. The SMILES string of the molecule is COc1ccc(-c2cc(CC=O)on2)cc1OC1CCCC1. The van der Waals surface area contributed by atoms with Crippen LogP contribution in [-0.4, -0.2) is 24.7 Å². The molecule has 0 amide bonds. The third-order valence-electron chi connectivity index (χ3n) is 3.90. The van der Waals surface area contributed by atoms with E-state index in [1.165, 1.54) is 12.8 Å². The summed E-state index contributed by atoms with van der Waals surface area (Å²) in [6, 6.07) is 7.46. The molecule has 1 saturated carbocycles. The highest BCUT2D eigenvalue weighted by Gasteiger charge is 2.19. The van der Waals surface area contributed by atoms with Crippen LogP contribution in [0.15, 0.2) is 28.8 Å². The van der Waals surface area contributed by atoms with Crippen LogP contribution >= 0.6 is 0 Å². The van der Waals surface area contributed by atoms with E-state index < -0.39 is 0 Å². The fraction of sp³-hybridized carbons (Fsp3) is 0.412. The van der Waals surface area contributed by atoms with Crippen molar-refractivity contribution >= 4 is 6.29 Å². The van der Waals surface area contributed by atoms with Gasteiger partial charge in [-0.1, -0.05) is 5.16 Å². The van der Waals surface area contributed by atoms with Gasteiger partial charge in [0.05, 0.1) is 19.6 Å². The lowest BCUT2D eigenvalue weighted by Gasteiger charge is -2.16. The number of aldehydes is 1. The standard InChI is InChI=1S/C17H19NO4/c1-20-16-7-6-12(15-11-14(8-9-19)22-18-15)10-17(16)21-13-4-2-3-5-13/h6-7,9-11,13H,2-5,8H2,1H3. The molecular weight excluding hydrogens is 282 g/mol. The van der Waals surface area contributed by atoms with Crippen LogP contribution < -0.4 is 9.47 Å². The smallest absolute Gasteiger partial charge is 0.162 e. The molecule has 0 bridgehead atoms. The monoisotopic (exact) mass is 301 g/mol. The van der Waals surface area contributed by atoms with E-state index in [1.54, 1.807) is 13.2 Å². The molecule has 0 radical (unpaired) electrons.